The van der Waals surface area contributed by atoms with Crippen LogP contribution in [-0.4, -0.2) is 322 Å². The van der Waals surface area contributed by atoms with Gasteiger partial charge in [0.05, 0.1) is 31.7 Å². The number of likely N-dealkylation sites (N-methyl/N-ethyl adjacent to an activating group) is 3. The van der Waals surface area contributed by atoms with E-state index in [9.17, 15) is 53.7 Å². The average Bonchev–Trinajstić information content (AvgIpc) is 1.61. The number of carbonyl (C=O) groups is 17. The lowest BCUT2D eigenvalue weighted by Crippen LogP contribution is -2.62. The third kappa shape index (κ3) is 29.6. The van der Waals surface area contributed by atoms with Gasteiger partial charge in [0.1, 0.15) is 96.4 Å². The van der Waals surface area contributed by atoms with Gasteiger partial charge in [0.25, 0.3) is 0 Å². The molecule has 24 N–H and O–H groups in total. The van der Waals surface area contributed by atoms with Crippen LogP contribution in [0, 0.1) is 11.3 Å². The zero-order valence-electron chi connectivity index (χ0n) is 78.3. The highest BCUT2D eigenvalue weighted by Crippen LogP contribution is 2.28. The number of amides is 17. The van der Waals surface area contributed by atoms with E-state index in [1.165, 1.54) is 69.8 Å². The third-order valence-corrected chi connectivity index (χ3v) is 25.7. The summed E-state index contributed by atoms with van der Waals surface area (Å²) in [5, 5.41) is 70.0. The van der Waals surface area contributed by atoms with E-state index in [1.54, 1.807) is 74.8 Å². The van der Waals surface area contributed by atoms with Crippen LogP contribution in [0.25, 0.3) is 21.8 Å². The van der Waals surface area contributed by atoms with Gasteiger partial charge in [0, 0.05) is 118 Å². The molecular weight excluding hydrogens is 1790 g/mol. The number of unbranched alkanes of at least 4 members (excludes halogenated alkanes) is 2. The molecule has 0 radical (unpaired) electrons. The van der Waals surface area contributed by atoms with E-state index in [0.717, 1.165) is 19.6 Å². The highest BCUT2D eigenvalue weighted by atomic mass is 32.2. The maximum absolute atomic E-state index is 15.8. The van der Waals surface area contributed by atoms with Gasteiger partial charge in [0.15, 0.2) is 5.96 Å². The molecule has 6 heterocycles. The van der Waals surface area contributed by atoms with Crippen LogP contribution in [0.4, 0.5) is 0 Å². The largest absolute Gasteiger partial charge is 0.508 e. The number of nitrogens with zero attached hydrogens (tertiary/aromatic N) is 6. The second kappa shape index (κ2) is 51.3. The third-order valence-electron chi connectivity index (χ3n) is 24.7. The predicted octanol–water partition coefficient (Wildman–Crippen LogP) is -2.54. The standard InChI is InChI=1S/C92H130N24O20S/c1-9-11-25-71-84(129)103-61(24-17-33-98-92(95)96)79(124)111-70(83(128)109-68(45-117)77(94)122)47-137-48-76(121)102-65(37-52-29-31-56(119)32-30-52)87(132)112(6)51(5)78(123)106-67(41-75(93)120)90(135)116-35-19-28-73(116)86(131)105-63(40-55-44-97-49-101-55)81(126)107-64(36-50(3)4)89(134)115-34-18-27-72(115)85(130)104-62(38-53-42-99-59-22-15-13-20-57(53)59)80(125)110-69(46-118)82(127)108-66(39-54-43-100-60-23-16-14-21-58(54)60)88(133)114(8)74(26-12-10-2)91(136)113(71)7/h13-16,20-23,29-32,42-44,49-51,61-74,99-100,117-119H,9-12,17-19,24-28,33-41,45-48H2,1-8H3,(H2,93,120)(H2,94,122)(H,97,101)(H,102,121)(H,103,129)(H,104,130)(H,105,131)(H,106,123)(H,107,126)(H,108,127)(H,109,128)(H,110,125)(H,111,124)(H4,95,96,98)/t51-,61-,62-,63-,64-,65-,66-,67-,68?,69-,70?,71-,72-,73-,74-/m0/s1. The number of thioether (sulfide) groups is 1. The molecule has 3 aromatic carbocycles. The fourth-order valence-electron chi connectivity index (χ4n) is 17.0. The Kier molecular flexibility index (Phi) is 40.0. The van der Waals surface area contributed by atoms with Gasteiger partial charge in [0.2, 0.25) is 100 Å². The molecule has 17 amide bonds. The minimum atomic E-state index is -1.86. The molecule has 0 spiro atoms. The van der Waals surface area contributed by atoms with Crippen LogP contribution in [0.1, 0.15) is 147 Å². The molecule has 3 saturated heterocycles. The normalized spacial score (nSPS) is 24.3. The van der Waals surface area contributed by atoms with E-state index < -0.39 is 228 Å². The van der Waals surface area contributed by atoms with E-state index in [2.05, 4.69) is 78.4 Å². The van der Waals surface area contributed by atoms with Crippen LogP contribution in [0.2, 0.25) is 0 Å². The molecule has 0 saturated carbocycles. The molecule has 0 aliphatic carbocycles. The van der Waals surface area contributed by atoms with E-state index in [1.807, 2.05) is 13.8 Å². The lowest BCUT2D eigenvalue weighted by molar-refractivity contribution is -0.149. The van der Waals surface area contributed by atoms with Crippen molar-refractivity contribution in [1.29, 1.82) is 5.41 Å². The van der Waals surface area contributed by atoms with Crippen LogP contribution >= 0.6 is 11.8 Å². The number of H-pyrrole nitrogens is 3. The molecular formula is C92H130N24O20S. The van der Waals surface area contributed by atoms with E-state index in [0.29, 0.717) is 81.6 Å². The summed E-state index contributed by atoms with van der Waals surface area (Å²) in [4.78, 5) is 271. The number of aliphatic hydroxyl groups is 2. The van der Waals surface area contributed by atoms with Gasteiger partial charge in [-0.1, -0.05) is 102 Å². The van der Waals surface area contributed by atoms with Gasteiger partial charge in [-0.25, -0.2) is 4.98 Å². The van der Waals surface area contributed by atoms with Gasteiger partial charge < -0.3 is 130 Å². The number of primary amides is 2. The van der Waals surface area contributed by atoms with Crippen molar-refractivity contribution < 1.29 is 96.8 Å². The number of imidazole rings is 1. The van der Waals surface area contributed by atoms with Crippen molar-refractivity contribution in [1.82, 2.24) is 103 Å². The second-order valence-corrected chi connectivity index (χ2v) is 36.3. The predicted molar refractivity (Wildman–Crippen MR) is 504 cm³/mol. The fraction of sp³-hybridized carbons (Fsp3) is 0.533. The summed E-state index contributed by atoms with van der Waals surface area (Å²) >= 11 is 0.713. The number of guanidine groups is 1. The number of nitrogens with two attached hydrogens (primary N) is 3. The van der Waals surface area contributed by atoms with Gasteiger partial charge in [-0.2, -0.15) is 0 Å². The number of fused-ring (bicyclic) bond motifs is 4. The summed E-state index contributed by atoms with van der Waals surface area (Å²) in [6.45, 7) is 6.26. The van der Waals surface area contributed by atoms with Crippen LogP contribution in [0.3, 0.4) is 0 Å². The van der Waals surface area contributed by atoms with Gasteiger partial charge >= 0.3 is 0 Å². The van der Waals surface area contributed by atoms with Crippen LogP contribution in [-0.2, 0) is 107 Å². The van der Waals surface area contributed by atoms with E-state index >= 15 is 43.2 Å². The van der Waals surface area contributed by atoms with Crippen molar-refractivity contribution in [2.75, 3.05) is 65.5 Å². The van der Waals surface area contributed by atoms with Crippen LogP contribution in [0.5, 0.6) is 5.75 Å². The highest BCUT2D eigenvalue weighted by molar-refractivity contribution is 8.00. The van der Waals surface area contributed by atoms with E-state index in [4.69, 9.17) is 22.6 Å². The summed E-state index contributed by atoms with van der Waals surface area (Å²) in [5.74, 6) is -18.1. The first-order valence-corrected chi connectivity index (χ1v) is 47.2. The number of aromatic nitrogens is 4. The smallest absolute Gasteiger partial charge is 0.246 e. The monoisotopic (exact) mass is 1920 g/mol. The number of carbonyl (C=O) groups excluding carboxylic acids is 17. The number of para-hydroxylation sites is 2. The van der Waals surface area contributed by atoms with Gasteiger partial charge in [-0.3, -0.25) is 86.9 Å². The molecule has 44 nitrogen and oxygen atoms in total. The Hall–Kier alpha value is -13.7. The summed E-state index contributed by atoms with van der Waals surface area (Å²) in [7, 11) is 3.89. The molecule has 3 aliphatic rings. The fourth-order valence-corrected chi connectivity index (χ4v) is 17.8. The zero-order valence-corrected chi connectivity index (χ0v) is 79.1. The average molecular weight is 1920 g/mol. The molecule has 3 fully saturated rings. The Bertz CT molecular complexity index is 5270. The lowest BCUT2D eigenvalue weighted by atomic mass is 10.00. The number of aliphatic hydroxyl groups excluding tert-OH is 2. The van der Waals surface area contributed by atoms with Crippen molar-refractivity contribution in [2.24, 2.45) is 23.1 Å². The Morgan fingerprint density at radius 3 is 1.59 bits per heavy atom. The number of hydrogen-bond acceptors (Lipinski definition) is 23. The summed E-state index contributed by atoms with van der Waals surface area (Å²) in [5.41, 5.74) is 20.0. The van der Waals surface area contributed by atoms with Crippen molar-refractivity contribution in [2.45, 2.75) is 241 Å². The Morgan fingerprint density at radius 1 is 0.540 bits per heavy atom. The molecule has 45 heteroatoms. The molecule has 2 unspecified atom stereocenters. The first-order chi connectivity index (χ1) is 65.3. The van der Waals surface area contributed by atoms with E-state index in [-0.39, 0.29) is 115 Å². The molecule has 3 aromatic heterocycles. The molecule has 744 valence electrons. The highest BCUT2D eigenvalue weighted by Gasteiger charge is 2.46. The summed E-state index contributed by atoms with van der Waals surface area (Å²) in [6, 6.07) is -3.56. The number of phenolic OH excluding ortho intramolecular Hbond substituents is 1. The number of phenols is 1. The van der Waals surface area contributed by atoms with Crippen molar-refractivity contribution in [3.63, 3.8) is 0 Å². The minimum absolute atomic E-state index is 0.00303. The van der Waals surface area contributed by atoms with Crippen LogP contribution in [0.15, 0.2) is 97.7 Å². The topological polar surface area (TPSA) is 662 Å². The number of benzene rings is 3. The van der Waals surface area contributed by atoms with Gasteiger partial charge in [-0.05, 0) is 112 Å². The zero-order chi connectivity index (χ0) is 100. The Balaban J connectivity index is 1.10. The number of rotatable bonds is 27. The van der Waals surface area contributed by atoms with Crippen molar-refractivity contribution >= 4 is 140 Å². The van der Waals surface area contributed by atoms with Gasteiger partial charge in [-0.15, -0.1) is 11.8 Å². The second-order valence-electron chi connectivity index (χ2n) is 35.2. The molecule has 6 aromatic rings. The number of hydrogen-bond donors (Lipinski definition) is 21. The number of aromatic hydroxyl groups is 1. The molecule has 137 heavy (non-hydrogen) atoms. The van der Waals surface area contributed by atoms with Crippen molar-refractivity contribution in [3.05, 3.63) is 120 Å². The first kappa shape index (κ1) is 107. The minimum Gasteiger partial charge on any atom is -0.508 e. The SMILES string of the molecule is CCCC[C@H]1C(=O)N(C)[C@@H](CCCC)C(=O)N[C@@H](CCCNC(=N)N)C(=O)NC(C(=O)NC(CO)C(N)=O)CSCC(=O)N[C@@H](Cc2ccc(O)cc2)C(=O)N(C)[C@@H](C)C(=O)N[C@@H](CC(N)=O)C(=O)N2CCC[C@H]2C(=O)N[C@@H](Cc2cnc[nH]2)C(=O)N[C@@H](CC(C)C)C(=O)N2CCC[C@H]2C(=O)N[C@@H](Cc2c[nH]c3ccccc23)C(=O)N[C@@H](CO)C(=O)N[C@@H](Cc2c[nH]c3ccccc23)C(=O)N1C. The maximum atomic E-state index is 15.8. The molecule has 15 atom stereocenters. The number of nitrogens with one attached hydrogen (secondary N) is 15. The van der Waals surface area contributed by atoms with Crippen LogP contribution < -0.4 is 75.7 Å². The molecule has 0 bridgehead atoms. The summed E-state index contributed by atoms with van der Waals surface area (Å²) < 4.78 is 0. The van der Waals surface area contributed by atoms with Crippen molar-refractivity contribution in [3.8, 4) is 5.75 Å². The molecule has 9 rings (SSSR count). The Morgan fingerprint density at radius 2 is 1.04 bits per heavy atom. The Labute approximate surface area is 796 Å². The first-order valence-electron chi connectivity index (χ1n) is 46.1. The quantitative estimate of drug-likeness (QED) is 0.0144. The number of aromatic amines is 3. The summed E-state index contributed by atoms with van der Waals surface area (Å²) in [6.07, 6.45) is 5.89. The maximum Gasteiger partial charge on any atom is 0.246 e. The lowest BCUT2D eigenvalue weighted by Gasteiger charge is -2.36. The molecule has 3 aliphatic heterocycles.